The van der Waals surface area contributed by atoms with Gasteiger partial charge in [0.2, 0.25) is 0 Å². The number of thiazole rings is 1. The number of carbonyl (C=O) groups is 1. The molecule has 1 aliphatic rings. The summed E-state index contributed by atoms with van der Waals surface area (Å²) < 4.78 is 0. The van der Waals surface area contributed by atoms with Crippen molar-refractivity contribution < 1.29 is 9.90 Å². The highest BCUT2D eigenvalue weighted by atomic mass is 32.1. The molecule has 0 aromatic carbocycles. The summed E-state index contributed by atoms with van der Waals surface area (Å²) in [5.41, 5.74) is 3.66. The number of unbranched alkanes of at least 4 members (excludes halogenated alkanes) is 2. The highest BCUT2D eigenvalue weighted by molar-refractivity contribution is 7.09. The Morgan fingerprint density at radius 1 is 1.36 bits per heavy atom. The van der Waals surface area contributed by atoms with Gasteiger partial charge in [-0.25, -0.2) is 4.98 Å². The van der Waals surface area contributed by atoms with Gasteiger partial charge >= 0.3 is 0 Å². The molecule has 3 nitrogen and oxygen atoms in total. The lowest BCUT2D eigenvalue weighted by molar-refractivity contribution is -0.111. The molecule has 0 bridgehead atoms. The summed E-state index contributed by atoms with van der Waals surface area (Å²) in [6.07, 6.45) is 15.9. The Balaban J connectivity index is 1.88. The van der Waals surface area contributed by atoms with Crippen LogP contribution < -0.4 is 0 Å². The first-order valence-corrected chi connectivity index (χ1v) is 10.2. The van der Waals surface area contributed by atoms with Crippen LogP contribution in [0.5, 0.6) is 0 Å². The molecule has 1 aliphatic carbocycles. The van der Waals surface area contributed by atoms with E-state index in [-0.39, 0.29) is 11.7 Å². The third-order valence-electron chi connectivity index (χ3n) is 4.53. The maximum absolute atomic E-state index is 12.1. The number of aromatic nitrogens is 1. The number of aliphatic hydroxyl groups excluding tert-OH is 1. The Kier molecular flexibility index (Phi) is 8.29. The van der Waals surface area contributed by atoms with Gasteiger partial charge in [0, 0.05) is 22.8 Å². The molecule has 4 heteroatoms. The van der Waals surface area contributed by atoms with Crippen molar-refractivity contribution in [3.63, 3.8) is 0 Å². The molecule has 0 saturated carbocycles. The molecule has 2 atom stereocenters. The lowest BCUT2D eigenvalue weighted by Crippen LogP contribution is -2.12. The Bertz CT molecular complexity index is 642. The number of nitrogens with zero attached hydrogens (tertiary/aromatic N) is 1. The van der Waals surface area contributed by atoms with Crippen LogP contribution in [0.2, 0.25) is 0 Å². The van der Waals surface area contributed by atoms with Gasteiger partial charge in [0.25, 0.3) is 0 Å². The van der Waals surface area contributed by atoms with Crippen molar-refractivity contribution in [2.45, 2.75) is 64.9 Å². The summed E-state index contributed by atoms with van der Waals surface area (Å²) in [4.78, 5) is 17.7. The van der Waals surface area contributed by atoms with Crippen molar-refractivity contribution in [2.75, 3.05) is 0 Å². The van der Waals surface area contributed by atoms with Gasteiger partial charge < -0.3 is 5.11 Å². The Hall–Kier alpha value is -1.52. The van der Waals surface area contributed by atoms with Crippen molar-refractivity contribution in [2.24, 2.45) is 5.92 Å². The largest absolute Gasteiger partial charge is 0.392 e. The van der Waals surface area contributed by atoms with Crippen LogP contribution in [-0.2, 0) is 17.6 Å². The van der Waals surface area contributed by atoms with E-state index < -0.39 is 6.10 Å². The molecule has 0 saturated heterocycles. The number of aryl methyl sites for hydroxylation is 1. The molecule has 0 radical (unpaired) electrons. The maximum atomic E-state index is 12.1. The van der Waals surface area contributed by atoms with E-state index in [4.69, 9.17) is 0 Å². The fraction of sp³-hybridized carbons (Fsp3) is 0.524. The summed E-state index contributed by atoms with van der Waals surface area (Å²) in [7, 11) is 0. The average molecular weight is 360 g/mol. The topological polar surface area (TPSA) is 50.2 Å². The normalized spacial score (nSPS) is 20.2. The Morgan fingerprint density at radius 3 is 2.96 bits per heavy atom. The van der Waals surface area contributed by atoms with E-state index in [0.29, 0.717) is 12.8 Å². The van der Waals surface area contributed by atoms with E-state index in [1.165, 1.54) is 17.7 Å². The molecule has 1 N–H and O–H groups in total. The van der Waals surface area contributed by atoms with Gasteiger partial charge in [0.05, 0.1) is 17.3 Å². The molecule has 0 amide bonds. The minimum atomic E-state index is -0.492. The van der Waals surface area contributed by atoms with Crippen molar-refractivity contribution in [1.82, 2.24) is 4.98 Å². The van der Waals surface area contributed by atoms with E-state index in [0.717, 1.165) is 30.5 Å². The Morgan fingerprint density at radius 2 is 2.20 bits per heavy atom. The predicted octanol–water partition coefficient (Wildman–Crippen LogP) is 4.82. The Labute approximate surface area is 155 Å². The quantitative estimate of drug-likeness (QED) is 0.370. The van der Waals surface area contributed by atoms with Crippen LogP contribution in [0.4, 0.5) is 0 Å². The SMILES string of the molecule is CCCC/C=C\C[C@H]1C=CC(=O)/C1=C/C[C@@H](O)Cc1ncsc1CC. The van der Waals surface area contributed by atoms with Crippen LogP contribution in [0.25, 0.3) is 0 Å². The molecular weight excluding hydrogens is 330 g/mol. The van der Waals surface area contributed by atoms with Gasteiger partial charge in [-0.3, -0.25) is 4.79 Å². The molecule has 2 rings (SSSR count). The second-order valence-corrected chi connectivity index (χ2v) is 7.45. The summed E-state index contributed by atoms with van der Waals surface area (Å²) in [5.74, 6) is 0.241. The summed E-state index contributed by atoms with van der Waals surface area (Å²) in [6.45, 7) is 4.29. The third kappa shape index (κ3) is 6.05. The molecule has 0 unspecified atom stereocenters. The zero-order valence-electron chi connectivity index (χ0n) is 15.3. The molecule has 136 valence electrons. The number of allylic oxidation sites excluding steroid dienone is 5. The fourth-order valence-corrected chi connectivity index (χ4v) is 3.79. The van der Waals surface area contributed by atoms with E-state index in [2.05, 4.69) is 31.0 Å². The second-order valence-electron chi connectivity index (χ2n) is 6.51. The fourth-order valence-electron chi connectivity index (χ4n) is 3.04. The summed E-state index contributed by atoms with van der Waals surface area (Å²) in [5, 5.41) is 10.3. The molecule has 1 aromatic heterocycles. The minimum Gasteiger partial charge on any atom is -0.392 e. The summed E-state index contributed by atoms with van der Waals surface area (Å²) >= 11 is 1.64. The van der Waals surface area contributed by atoms with Crippen LogP contribution >= 0.6 is 11.3 Å². The lowest BCUT2D eigenvalue weighted by Gasteiger charge is -2.11. The number of rotatable bonds is 10. The zero-order chi connectivity index (χ0) is 18.1. The van der Waals surface area contributed by atoms with E-state index in [9.17, 15) is 9.90 Å². The standard InChI is InChI=1S/C21H29NO2S/c1-3-5-6-7-8-9-16-10-13-20(24)18(16)12-11-17(23)14-19-21(4-2)25-15-22-19/h7-8,10,12-13,15-17,23H,3-6,9,11,14H2,1-2H3/b8-7-,18-12+/t16-,17+/m0/s1. The third-order valence-corrected chi connectivity index (χ3v) is 5.55. The van der Waals surface area contributed by atoms with E-state index in [1.807, 2.05) is 17.7 Å². The molecule has 0 spiro atoms. The molecule has 0 aliphatic heterocycles. The minimum absolute atomic E-state index is 0.0852. The van der Waals surface area contributed by atoms with Crippen LogP contribution in [0.15, 0.2) is 41.5 Å². The van der Waals surface area contributed by atoms with Gasteiger partial charge in [-0.2, -0.15) is 0 Å². The predicted molar refractivity (Wildman–Crippen MR) is 105 cm³/mol. The molecule has 1 aromatic rings. The van der Waals surface area contributed by atoms with E-state index >= 15 is 0 Å². The van der Waals surface area contributed by atoms with Gasteiger partial charge in [-0.1, -0.05) is 51.0 Å². The van der Waals surface area contributed by atoms with Crippen LogP contribution in [-0.4, -0.2) is 22.0 Å². The first-order chi connectivity index (χ1) is 12.2. The number of hydrogen-bond acceptors (Lipinski definition) is 4. The van der Waals surface area contributed by atoms with Gasteiger partial charge in [0.15, 0.2) is 5.78 Å². The molecule has 0 fully saturated rings. The molecule has 1 heterocycles. The van der Waals surface area contributed by atoms with Crippen molar-refractivity contribution in [3.8, 4) is 0 Å². The first-order valence-electron chi connectivity index (χ1n) is 9.32. The molecular formula is C21H29NO2S. The highest BCUT2D eigenvalue weighted by Gasteiger charge is 2.22. The average Bonchev–Trinajstić information content (AvgIpc) is 3.19. The van der Waals surface area contributed by atoms with Crippen molar-refractivity contribution in [1.29, 1.82) is 0 Å². The van der Waals surface area contributed by atoms with E-state index in [1.54, 1.807) is 17.4 Å². The van der Waals surface area contributed by atoms with Crippen LogP contribution in [0.1, 0.15) is 56.5 Å². The monoisotopic (exact) mass is 359 g/mol. The van der Waals surface area contributed by atoms with Crippen molar-refractivity contribution >= 4 is 17.1 Å². The van der Waals surface area contributed by atoms with Crippen molar-refractivity contribution in [3.05, 3.63) is 52.0 Å². The van der Waals surface area contributed by atoms with Crippen LogP contribution in [0, 0.1) is 5.92 Å². The molecule has 25 heavy (non-hydrogen) atoms. The van der Waals surface area contributed by atoms with Gasteiger partial charge in [-0.15, -0.1) is 11.3 Å². The second kappa shape index (κ2) is 10.5. The zero-order valence-corrected chi connectivity index (χ0v) is 16.1. The number of aliphatic hydroxyl groups is 1. The lowest BCUT2D eigenvalue weighted by atomic mass is 9.95. The highest BCUT2D eigenvalue weighted by Crippen LogP contribution is 2.26. The van der Waals surface area contributed by atoms with Crippen LogP contribution in [0.3, 0.4) is 0 Å². The van der Waals surface area contributed by atoms with Gasteiger partial charge in [-0.05, 0) is 31.8 Å². The maximum Gasteiger partial charge on any atom is 0.181 e. The number of carbonyl (C=O) groups excluding carboxylic acids is 1. The number of hydrogen-bond donors (Lipinski definition) is 1. The van der Waals surface area contributed by atoms with Gasteiger partial charge in [0.1, 0.15) is 0 Å². The first kappa shape index (κ1) is 19.8. The smallest absolute Gasteiger partial charge is 0.181 e. The number of ketones is 1. The summed E-state index contributed by atoms with van der Waals surface area (Å²) in [6, 6.07) is 0.